The predicted octanol–water partition coefficient (Wildman–Crippen LogP) is 1.20. The Morgan fingerprint density at radius 3 is 2.14 bits per heavy atom. The van der Waals surface area contributed by atoms with Crippen LogP contribution in [0.3, 0.4) is 0 Å². The molecule has 0 saturated carbocycles. The molecule has 0 saturated heterocycles. The van der Waals surface area contributed by atoms with Gasteiger partial charge in [0.2, 0.25) is 5.75 Å². The van der Waals surface area contributed by atoms with Crippen molar-refractivity contribution in [1.29, 1.82) is 0 Å². The molecular weight excluding hydrogens is 184 g/mol. The van der Waals surface area contributed by atoms with Crippen molar-refractivity contribution in [2.45, 2.75) is 6.61 Å². The van der Waals surface area contributed by atoms with Gasteiger partial charge in [-0.25, -0.2) is 0 Å². The minimum Gasteiger partial charge on any atom is -0.493 e. The van der Waals surface area contributed by atoms with E-state index in [0.29, 0.717) is 5.56 Å². The molecule has 1 aromatic rings. The van der Waals surface area contributed by atoms with Gasteiger partial charge >= 0.3 is 0 Å². The number of rotatable bonds is 4. The summed E-state index contributed by atoms with van der Waals surface area (Å²) in [6.45, 7) is -0.218. The molecule has 4 heteroatoms. The summed E-state index contributed by atoms with van der Waals surface area (Å²) in [6.07, 6.45) is 0. The van der Waals surface area contributed by atoms with E-state index in [1.54, 1.807) is 0 Å². The molecule has 0 aliphatic carbocycles. The van der Waals surface area contributed by atoms with Crippen molar-refractivity contribution in [3.63, 3.8) is 0 Å². The van der Waals surface area contributed by atoms with Crippen LogP contribution in [-0.2, 0) is 6.61 Å². The van der Waals surface area contributed by atoms with E-state index in [-0.39, 0.29) is 45.1 Å². The number of aliphatic hydroxyl groups is 1. The number of methoxy groups -OCH3 is 3. The zero-order valence-electron chi connectivity index (χ0n) is 10.7. The first-order valence-electron chi connectivity index (χ1n) is 5.92. The molecule has 0 atom stereocenters. The fourth-order valence-electron chi connectivity index (χ4n) is 1.08. The third-order valence-corrected chi connectivity index (χ3v) is 1.72. The van der Waals surface area contributed by atoms with Crippen molar-refractivity contribution in [2.24, 2.45) is 0 Å². The molecule has 0 unspecified atom stereocenters. The van der Waals surface area contributed by atoms with Gasteiger partial charge in [-0.15, -0.1) is 0 Å². The lowest BCUT2D eigenvalue weighted by Gasteiger charge is -2.13. The molecule has 0 bridgehead atoms. The van der Waals surface area contributed by atoms with E-state index in [1.165, 1.54) is 12.1 Å². The number of hydrogen-bond acceptors (Lipinski definition) is 4. The lowest BCUT2D eigenvalue weighted by Crippen LogP contribution is -1.96. The van der Waals surface area contributed by atoms with Gasteiger partial charge in [0, 0.05) is 0 Å². The second kappa shape index (κ2) is 4.72. The van der Waals surface area contributed by atoms with Gasteiger partial charge in [-0.1, -0.05) is 0 Å². The summed E-state index contributed by atoms with van der Waals surface area (Å²) in [7, 11) is -0.964. The molecule has 0 spiro atoms. The first-order chi connectivity index (χ1) is 8.26. The van der Waals surface area contributed by atoms with Crippen molar-refractivity contribution in [3.05, 3.63) is 17.7 Å². The molecule has 4 nitrogen and oxygen atoms in total. The largest absolute Gasteiger partial charge is 0.493 e. The Kier molecular flexibility index (Phi) is 2.34. The number of hydrogen-bond donors (Lipinski definition) is 1. The lowest BCUT2D eigenvalue weighted by atomic mass is 10.2. The molecule has 0 fully saturated rings. The second-order valence-electron chi connectivity index (χ2n) is 2.51. The molecule has 0 radical (unpaired) electrons. The van der Waals surface area contributed by atoms with Crippen LogP contribution in [0.4, 0.5) is 0 Å². The fraction of sp³-hybridized carbons (Fsp3) is 0.400. The predicted molar refractivity (Wildman–Crippen MR) is 52.0 cm³/mol. The Hall–Kier alpha value is -1.42. The van der Waals surface area contributed by atoms with Crippen LogP contribution in [-0.4, -0.2) is 26.4 Å². The Bertz CT molecular complexity index is 332. The second-order valence-corrected chi connectivity index (χ2v) is 2.51. The average Bonchev–Trinajstić information content (AvgIpc) is 2.33. The van der Waals surface area contributed by atoms with Gasteiger partial charge in [0.15, 0.2) is 11.5 Å². The zero-order valence-corrected chi connectivity index (χ0v) is 7.66. The molecular formula is C10H14O4. The van der Waals surface area contributed by atoms with Gasteiger partial charge in [-0.2, -0.15) is 0 Å². The van der Waals surface area contributed by atoms with Crippen molar-refractivity contribution in [1.82, 2.24) is 0 Å². The van der Waals surface area contributed by atoms with E-state index in [0.717, 1.165) is 0 Å². The smallest absolute Gasteiger partial charge is 0.203 e. The molecule has 0 aromatic heterocycles. The minimum absolute atomic E-state index is 0.178. The van der Waals surface area contributed by atoms with Crippen LogP contribution in [0.5, 0.6) is 17.2 Å². The van der Waals surface area contributed by atoms with Crippen LogP contribution >= 0.6 is 0 Å². The Morgan fingerprint density at radius 2 is 1.71 bits per heavy atom. The Morgan fingerprint density at radius 1 is 1.14 bits per heavy atom. The highest BCUT2D eigenvalue weighted by Gasteiger charge is 2.12. The van der Waals surface area contributed by atoms with Crippen LogP contribution in [0.25, 0.3) is 0 Å². The van der Waals surface area contributed by atoms with Crippen LogP contribution in [0.1, 0.15) is 9.68 Å². The Balaban J connectivity index is 3.16. The van der Waals surface area contributed by atoms with Crippen LogP contribution in [0.15, 0.2) is 12.1 Å². The number of ether oxygens (including phenoxy) is 3. The first-order valence-corrected chi connectivity index (χ1v) is 3.80. The van der Waals surface area contributed by atoms with Crippen LogP contribution in [0.2, 0.25) is 0 Å². The summed E-state index contributed by atoms with van der Waals surface area (Å²) in [4.78, 5) is 0. The van der Waals surface area contributed by atoms with Gasteiger partial charge in [0.05, 0.1) is 32.0 Å². The van der Waals surface area contributed by atoms with E-state index < -0.39 is 0 Å². The van der Waals surface area contributed by atoms with E-state index in [1.807, 2.05) is 0 Å². The molecule has 0 heterocycles. The van der Waals surface area contributed by atoms with Gasteiger partial charge in [-0.3, -0.25) is 0 Å². The standard InChI is InChI=1S/C10H14O4/c1-12-8-4-7(6-11)5-9(13-2)10(8)14-3/h4-5,11H,6H2,1-3H3/i1D,2D,3D. The maximum absolute atomic E-state index is 9.06. The molecule has 1 rings (SSSR count). The van der Waals surface area contributed by atoms with Gasteiger partial charge in [-0.05, 0) is 17.7 Å². The highest BCUT2D eigenvalue weighted by molar-refractivity contribution is 5.53. The van der Waals surface area contributed by atoms with E-state index in [2.05, 4.69) is 0 Å². The quantitative estimate of drug-likeness (QED) is 0.795. The average molecular weight is 201 g/mol. The lowest BCUT2D eigenvalue weighted by molar-refractivity contribution is 0.277. The topological polar surface area (TPSA) is 47.9 Å². The molecule has 14 heavy (non-hydrogen) atoms. The van der Waals surface area contributed by atoms with Gasteiger partial charge in [0.1, 0.15) is 0 Å². The minimum atomic E-state index is -0.332. The van der Waals surface area contributed by atoms with Crippen LogP contribution < -0.4 is 14.2 Å². The molecule has 1 N–H and O–H groups in total. The molecule has 0 amide bonds. The molecule has 1 aromatic carbocycles. The van der Waals surface area contributed by atoms with Crippen molar-refractivity contribution in [3.8, 4) is 17.2 Å². The Labute approximate surface area is 87.2 Å². The highest BCUT2D eigenvalue weighted by Crippen LogP contribution is 2.38. The van der Waals surface area contributed by atoms with Crippen molar-refractivity contribution >= 4 is 0 Å². The van der Waals surface area contributed by atoms with Gasteiger partial charge < -0.3 is 19.3 Å². The summed E-state index contributed by atoms with van der Waals surface area (Å²) < 4.78 is 36.1. The van der Waals surface area contributed by atoms with Crippen molar-refractivity contribution < 1.29 is 23.4 Å². The summed E-state index contributed by atoms with van der Waals surface area (Å²) >= 11 is 0. The van der Waals surface area contributed by atoms with Gasteiger partial charge in [0.25, 0.3) is 0 Å². The third kappa shape index (κ3) is 1.90. The summed E-state index contributed by atoms with van der Waals surface area (Å²) in [5.74, 6) is 0.626. The monoisotopic (exact) mass is 201 g/mol. The maximum Gasteiger partial charge on any atom is 0.203 e. The number of benzene rings is 1. The summed E-state index contributed by atoms with van der Waals surface area (Å²) in [5, 5.41) is 9.06. The van der Waals surface area contributed by atoms with Crippen LogP contribution in [0, 0.1) is 0 Å². The summed E-state index contributed by atoms with van der Waals surface area (Å²) in [5.41, 5.74) is 0.522. The molecule has 0 aliphatic rings. The van der Waals surface area contributed by atoms with E-state index in [4.69, 9.17) is 23.4 Å². The summed E-state index contributed by atoms with van der Waals surface area (Å²) in [6, 6.07) is 3.02. The maximum atomic E-state index is 9.06. The SMILES string of the molecule is [2H]COc1cc(CO)cc(OC[2H])c1OC[2H]. The highest BCUT2D eigenvalue weighted by atomic mass is 16.5. The van der Waals surface area contributed by atoms with E-state index in [9.17, 15) is 0 Å². The first kappa shape index (κ1) is 6.95. The third-order valence-electron chi connectivity index (χ3n) is 1.72. The number of aliphatic hydroxyl groups excluding tert-OH is 1. The zero-order chi connectivity index (χ0) is 12.7. The fourth-order valence-corrected chi connectivity index (χ4v) is 1.08. The molecule has 78 valence electrons. The molecule has 0 aliphatic heterocycles. The van der Waals surface area contributed by atoms with E-state index >= 15 is 0 Å². The normalized spacial score (nSPS) is 12.5. The van der Waals surface area contributed by atoms with Crippen molar-refractivity contribution in [2.75, 3.05) is 21.3 Å².